The second-order valence-electron chi connectivity index (χ2n) is 7.11. The Morgan fingerprint density at radius 3 is 2.57 bits per heavy atom. The van der Waals surface area contributed by atoms with Crippen LogP contribution in [0.2, 0.25) is 0 Å². The highest BCUT2D eigenvalue weighted by atomic mass is 16.2. The van der Waals surface area contributed by atoms with E-state index in [0.717, 1.165) is 11.4 Å². The summed E-state index contributed by atoms with van der Waals surface area (Å²) in [6.07, 6.45) is 0.350. The molecule has 0 radical (unpaired) electrons. The number of rotatable bonds is 6. The van der Waals surface area contributed by atoms with Crippen LogP contribution in [0.4, 0.5) is 0 Å². The zero-order chi connectivity index (χ0) is 20.1. The first-order valence-electron chi connectivity index (χ1n) is 9.63. The summed E-state index contributed by atoms with van der Waals surface area (Å²) in [6.45, 7) is 6.61. The van der Waals surface area contributed by atoms with E-state index in [2.05, 4.69) is 32.4 Å². The number of piperazine rings is 1. The lowest BCUT2D eigenvalue weighted by molar-refractivity contribution is -0.138. The second kappa shape index (κ2) is 8.97. The molecule has 28 heavy (non-hydrogen) atoms. The minimum atomic E-state index is -0.349. The Morgan fingerprint density at radius 1 is 1.18 bits per heavy atom. The van der Waals surface area contributed by atoms with Crippen LogP contribution in [0.3, 0.4) is 0 Å². The van der Waals surface area contributed by atoms with Crippen LogP contribution in [-0.4, -0.2) is 69.1 Å². The van der Waals surface area contributed by atoms with Gasteiger partial charge in [-0.05, 0) is 19.4 Å². The molecule has 3 rings (SSSR count). The van der Waals surface area contributed by atoms with Gasteiger partial charge < -0.3 is 10.2 Å². The van der Waals surface area contributed by atoms with Crippen LogP contribution in [0.1, 0.15) is 23.6 Å². The van der Waals surface area contributed by atoms with Crippen molar-refractivity contribution in [3.8, 4) is 0 Å². The van der Waals surface area contributed by atoms with E-state index < -0.39 is 0 Å². The summed E-state index contributed by atoms with van der Waals surface area (Å²) in [7, 11) is 1.64. The highest BCUT2D eigenvalue weighted by Gasteiger charge is 2.33. The van der Waals surface area contributed by atoms with E-state index in [0.29, 0.717) is 45.0 Å². The third-order valence-corrected chi connectivity index (χ3v) is 5.12. The quantitative estimate of drug-likeness (QED) is 0.794. The van der Waals surface area contributed by atoms with Crippen molar-refractivity contribution in [2.45, 2.75) is 39.4 Å². The average Bonchev–Trinajstić information content (AvgIpc) is 3.03. The molecule has 1 N–H and O–H groups in total. The highest BCUT2D eigenvalue weighted by molar-refractivity contribution is 5.83. The van der Waals surface area contributed by atoms with E-state index in [-0.39, 0.29) is 17.9 Å². The number of carbonyl (C=O) groups is 2. The minimum Gasteiger partial charge on any atom is -0.358 e. The van der Waals surface area contributed by atoms with Gasteiger partial charge in [0.05, 0.1) is 6.54 Å². The summed E-state index contributed by atoms with van der Waals surface area (Å²) in [6, 6.07) is 9.74. The smallest absolute Gasteiger partial charge is 0.238 e. The van der Waals surface area contributed by atoms with Crippen molar-refractivity contribution in [3.63, 3.8) is 0 Å². The van der Waals surface area contributed by atoms with Gasteiger partial charge in [-0.2, -0.15) is 5.10 Å². The minimum absolute atomic E-state index is 0.0424. The van der Waals surface area contributed by atoms with Gasteiger partial charge in [-0.15, -0.1) is 0 Å². The number of benzene rings is 1. The number of hydrogen-bond donors (Lipinski definition) is 1. The number of aromatic nitrogens is 3. The van der Waals surface area contributed by atoms with E-state index in [1.54, 1.807) is 16.6 Å². The predicted molar refractivity (Wildman–Crippen MR) is 105 cm³/mol. The molecule has 1 aromatic carbocycles. The highest BCUT2D eigenvalue weighted by Crippen LogP contribution is 2.16. The Balaban J connectivity index is 1.62. The molecule has 1 aliphatic rings. The summed E-state index contributed by atoms with van der Waals surface area (Å²) in [5.74, 6) is 1.50. The van der Waals surface area contributed by atoms with Gasteiger partial charge in [0.15, 0.2) is 0 Å². The van der Waals surface area contributed by atoms with E-state index >= 15 is 0 Å². The zero-order valence-electron chi connectivity index (χ0n) is 16.8. The molecule has 1 aromatic heterocycles. The van der Waals surface area contributed by atoms with Crippen LogP contribution >= 0.6 is 0 Å². The van der Waals surface area contributed by atoms with Gasteiger partial charge in [0, 0.05) is 39.6 Å². The Morgan fingerprint density at radius 2 is 1.93 bits per heavy atom. The van der Waals surface area contributed by atoms with Gasteiger partial charge in [-0.25, -0.2) is 9.67 Å². The lowest BCUT2D eigenvalue weighted by atomic mass is 10.1. The van der Waals surface area contributed by atoms with Gasteiger partial charge in [0.25, 0.3) is 0 Å². The Hall–Kier alpha value is -2.74. The molecule has 0 spiro atoms. The number of likely N-dealkylation sites (N-methyl/N-ethyl adjacent to an activating group) is 1. The van der Waals surface area contributed by atoms with Crippen molar-refractivity contribution in [2.24, 2.45) is 0 Å². The Bertz CT molecular complexity index is 819. The molecule has 2 aromatic rings. The molecule has 2 heterocycles. The van der Waals surface area contributed by atoms with Crippen LogP contribution in [0.25, 0.3) is 0 Å². The summed E-state index contributed by atoms with van der Waals surface area (Å²) >= 11 is 0. The largest absolute Gasteiger partial charge is 0.358 e. The monoisotopic (exact) mass is 384 g/mol. The van der Waals surface area contributed by atoms with E-state index in [1.807, 2.05) is 32.0 Å². The Kier molecular flexibility index (Phi) is 6.41. The number of amides is 2. The molecule has 1 atom stereocenters. The molecule has 0 saturated carbocycles. The average molecular weight is 384 g/mol. The molecule has 2 amide bonds. The fraction of sp³-hybridized carbons (Fsp3) is 0.500. The normalized spacial score (nSPS) is 17.5. The fourth-order valence-electron chi connectivity index (χ4n) is 3.60. The molecule has 1 saturated heterocycles. The van der Waals surface area contributed by atoms with Crippen LogP contribution in [0.15, 0.2) is 30.3 Å². The molecule has 1 aliphatic heterocycles. The third-order valence-electron chi connectivity index (χ3n) is 5.12. The number of hydrogen-bond acceptors (Lipinski definition) is 5. The van der Waals surface area contributed by atoms with E-state index in [9.17, 15) is 9.59 Å². The molecule has 0 unspecified atom stereocenters. The first-order chi connectivity index (χ1) is 13.5. The van der Waals surface area contributed by atoms with Crippen molar-refractivity contribution in [1.29, 1.82) is 0 Å². The van der Waals surface area contributed by atoms with Crippen molar-refractivity contribution >= 4 is 11.8 Å². The summed E-state index contributed by atoms with van der Waals surface area (Å²) < 4.78 is 1.76. The molecule has 0 bridgehead atoms. The molecule has 8 heteroatoms. The van der Waals surface area contributed by atoms with Crippen LogP contribution < -0.4 is 5.32 Å². The molecule has 150 valence electrons. The molecular formula is C20H28N6O2. The maximum Gasteiger partial charge on any atom is 0.238 e. The summed E-state index contributed by atoms with van der Waals surface area (Å²) in [5, 5.41) is 7.04. The number of nitrogens with one attached hydrogen (secondary N) is 1. The third kappa shape index (κ3) is 4.75. The lowest BCUT2D eigenvalue weighted by Gasteiger charge is -2.40. The van der Waals surface area contributed by atoms with Crippen molar-refractivity contribution in [1.82, 2.24) is 29.9 Å². The first-order valence-corrected chi connectivity index (χ1v) is 9.63. The van der Waals surface area contributed by atoms with Crippen molar-refractivity contribution < 1.29 is 9.59 Å². The summed E-state index contributed by atoms with van der Waals surface area (Å²) in [5.41, 5.74) is 1.16. The zero-order valence-corrected chi connectivity index (χ0v) is 16.8. The van der Waals surface area contributed by atoms with Gasteiger partial charge in [-0.1, -0.05) is 30.3 Å². The van der Waals surface area contributed by atoms with Gasteiger partial charge in [0.2, 0.25) is 11.8 Å². The predicted octanol–water partition coefficient (Wildman–Crippen LogP) is 0.744. The van der Waals surface area contributed by atoms with E-state index in [4.69, 9.17) is 0 Å². The second-order valence-corrected chi connectivity index (χ2v) is 7.11. The van der Waals surface area contributed by atoms with E-state index in [1.165, 1.54) is 0 Å². The topological polar surface area (TPSA) is 83.4 Å². The molecular weight excluding hydrogens is 356 g/mol. The maximum absolute atomic E-state index is 12.7. The SMILES string of the molecule is CNC(=O)[C@@H]1CN(C(=O)CCn2nc(C)nc2C)CCN1Cc1ccccc1. The fourth-order valence-corrected chi connectivity index (χ4v) is 3.60. The molecule has 1 fully saturated rings. The van der Waals surface area contributed by atoms with Crippen LogP contribution in [0.5, 0.6) is 0 Å². The number of aryl methyl sites for hydroxylation is 3. The number of nitrogens with zero attached hydrogens (tertiary/aromatic N) is 5. The first kappa shape index (κ1) is 20.0. The van der Waals surface area contributed by atoms with Crippen molar-refractivity contribution in [2.75, 3.05) is 26.7 Å². The van der Waals surface area contributed by atoms with Gasteiger partial charge in [-0.3, -0.25) is 14.5 Å². The van der Waals surface area contributed by atoms with Gasteiger partial charge >= 0.3 is 0 Å². The Labute approximate surface area is 165 Å². The summed E-state index contributed by atoms with van der Waals surface area (Å²) in [4.78, 5) is 33.4. The van der Waals surface area contributed by atoms with Crippen LogP contribution in [-0.2, 0) is 22.7 Å². The maximum atomic E-state index is 12.7. The standard InChI is InChI=1S/C20H28N6O2/c1-15-22-16(2)26(23-15)10-9-19(27)25-12-11-24(18(14-25)20(28)21-3)13-17-7-5-4-6-8-17/h4-8,18H,9-14H2,1-3H3,(H,21,28)/t18-/m0/s1. The molecule has 0 aliphatic carbocycles. The van der Waals surface area contributed by atoms with Gasteiger partial charge in [0.1, 0.15) is 17.7 Å². The number of carbonyl (C=O) groups excluding carboxylic acids is 2. The molecule has 8 nitrogen and oxygen atoms in total. The van der Waals surface area contributed by atoms with Crippen molar-refractivity contribution in [3.05, 3.63) is 47.5 Å². The van der Waals surface area contributed by atoms with Crippen LogP contribution in [0, 0.1) is 13.8 Å². The lowest BCUT2D eigenvalue weighted by Crippen LogP contribution is -2.59.